The van der Waals surface area contributed by atoms with Gasteiger partial charge in [-0.15, -0.1) is 11.8 Å². The maximum absolute atomic E-state index is 10.6. The van der Waals surface area contributed by atoms with Crippen molar-refractivity contribution in [3.63, 3.8) is 0 Å². The van der Waals surface area contributed by atoms with Crippen LogP contribution in [-0.2, 0) is 4.79 Å². The largest absolute Gasteiger partial charge is 0.481 e. The Morgan fingerprint density at radius 1 is 1.38 bits per heavy atom. The summed E-state index contributed by atoms with van der Waals surface area (Å²) in [6.07, 6.45) is 1.36. The van der Waals surface area contributed by atoms with Gasteiger partial charge in [-0.2, -0.15) is 0 Å². The summed E-state index contributed by atoms with van der Waals surface area (Å²) in [4.78, 5) is 11.8. The van der Waals surface area contributed by atoms with Gasteiger partial charge in [0.25, 0.3) is 0 Å². The zero-order chi connectivity index (χ0) is 12.0. The summed E-state index contributed by atoms with van der Waals surface area (Å²) in [5, 5.41) is 8.71. The van der Waals surface area contributed by atoms with E-state index in [0.29, 0.717) is 0 Å². The van der Waals surface area contributed by atoms with Crippen LogP contribution in [0.2, 0.25) is 0 Å². The monoisotopic (exact) mass is 238 g/mol. The molecule has 88 valence electrons. The van der Waals surface area contributed by atoms with Crippen LogP contribution in [0.15, 0.2) is 29.2 Å². The van der Waals surface area contributed by atoms with E-state index in [2.05, 4.69) is 19.1 Å². The van der Waals surface area contributed by atoms with E-state index < -0.39 is 5.97 Å². The van der Waals surface area contributed by atoms with E-state index >= 15 is 0 Å². The molecule has 0 aliphatic rings. The molecule has 2 nitrogen and oxygen atoms in total. The van der Waals surface area contributed by atoms with Crippen LogP contribution >= 0.6 is 11.8 Å². The quantitative estimate of drug-likeness (QED) is 0.767. The maximum Gasteiger partial charge on any atom is 0.303 e. The second kappa shape index (κ2) is 6.59. The van der Waals surface area contributed by atoms with Gasteiger partial charge in [0.2, 0.25) is 0 Å². The lowest BCUT2D eigenvalue weighted by molar-refractivity contribution is -0.137. The van der Waals surface area contributed by atoms with Crippen molar-refractivity contribution in [3.05, 3.63) is 29.8 Å². The number of hydrogen-bond donors (Lipinski definition) is 1. The minimum atomic E-state index is -0.739. The van der Waals surface area contributed by atoms with Crippen molar-refractivity contribution in [2.75, 3.05) is 5.75 Å². The normalized spacial score (nSPS) is 12.4. The summed E-state index contributed by atoms with van der Waals surface area (Å²) in [5.74, 6) is 0.476. The molecule has 1 unspecified atom stereocenters. The molecule has 1 atom stereocenters. The summed E-state index contributed by atoms with van der Waals surface area (Å²) < 4.78 is 0. The van der Waals surface area contributed by atoms with Gasteiger partial charge in [-0.05, 0) is 35.8 Å². The van der Waals surface area contributed by atoms with Crippen molar-refractivity contribution in [1.29, 1.82) is 0 Å². The molecule has 0 heterocycles. The fraction of sp³-hybridized carbons (Fsp3) is 0.462. The molecule has 0 aromatic heterocycles. The number of aliphatic carboxylic acids is 1. The number of carboxylic acids is 1. The molecule has 0 aliphatic heterocycles. The molecule has 1 aromatic carbocycles. The summed E-state index contributed by atoms with van der Waals surface area (Å²) in [6.45, 7) is 4.11. The summed E-state index contributed by atoms with van der Waals surface area (Å²) in [5.41, 5.74) is 1.10. The van der Waals surface area contributed by atoms with E-state index in [1.165, 1.54) is 11.3 Å². The van der Waals surface area contributed by atoms with Crippen LogP contribution in [-0.4, -0.2) is 16.8 Å². The lowest BCUT2D eigenvalue weighted by Gasteiger charge is -2.09. The Bertz CT molecular complexity index is 332. The molecule has 0 bridgehead atoms. The number of rotatable bonds is 6. The molecule has 16 heavy (non-hydrogen) atoms. The van der Waals surface area contributed by atoms with Crippen molar-refractivity contribution >= 4 is 17.7 Å². The summed E-state index contributed by atoms with van der Waals surface area (Å²) in [7, 11) is 0. The molecule has 1 rings (SSSR count). The van der Waals surface area contributed by atoms with Crippen LogP contribution in [0.1, 0.15) is 38.2 Å². The van der Waals surface area contributed by atoms with Gasteiger partial charge in [0.1, 0.15) is 0 Å². The molecule has 0 saturated carbocycles. The Morgan fingerprint density at radius 3 is 2.50 bits per heavy atom. The first-order chi connectivity index (χ1) is 7.63. The molecule has 0 spiro atoms. The molecule has 0 fully saturated rings. The van der Waals surface area contributed by atoms with E-state index in [1.54, 1.807) is 0 Å². The van der Waals surface area contributed by atoms with Gasteiger partial charge in [0, 0.05) is 4.90 Å². The van der Waals surface area contributed by atoms with Crippen molar-refractivity contribution in [3.8, 4) is 0 Å². The molecule has 0 aliphatic carbocycles. The zero-order valence-corrected chi connectivity index (χ0v) is 10.6. The van der Waals surface area contributed by atoms with E-state index in [4.69, 9.17) is 5.11 Å². The van der Waals surface area contributed by atoms with Crippen molar-refractivity contribution < 1.29 is 9.90 Å². The van der Waals surface area contributed by atoms with Crippen LogP contribution in [0.4, 0.5) is 0 Å². The number of thioether (sulfide) groups is 1. The second-order valence-corrected chi connectivity index (χ2v) is 5.08. The minimum Gasteiger partial charge on any atom is -0.481 e. The van der Waals surface area contributed by atoms with Gasteiger partial charge < -0.3 is 5.11 Å². The first-order valence-corrected chi connectivity index (χ1v) is 6.56. The van der Waals surface area contributed by atoms with Crippen molar-refractivity contribution in [1.82, 2.24) is 0 Å². The lowest BCUT2D eigenvalue weighted by atomic mass is 9.98. The van der Waals surface area contributed by atoms with E-state index in [0.717, 1.165) is 11.3 Å². The third kappa shape index (κ3) is 4.27. The number of carboxylic acid groups (broad SMARTS) is 1. The predicted octanol–water partition coefficient (Wildman–Crippen LogP) is 3.77. The SMILES string of the molecule is CCCSc1ccc(C(C)CC(=O)O)cc1. The number of hydrogen-bond acceptors (Lipinski definition) is 2. The lowest BCUT2D eigenvalue weighted by Crippen LogP contribution is -2.02. The number of carbonyl (C=O) groups is 1. The Balaban J connectivity index is 2.59. The smallest absolute Gasteiger partial charge is 0.303 e. The fourth-order valence-corrected chi connectivity index (χ4v) is 2.26. The fourth-order valence-electron chi connectivity index (χ4n) is 1.49. The topological polar surface area (TPSA) is 37.3 Å². The third-order valence-electron chi connectivity index (χ3n) is 2.40. The van der Waals surface area contributed by atoms with Gasteiger partial charge >= 0.3 is 5.97 Å². The predicted molar refractivity (Wildman–Crippen MR) is 68.1 cm³/mol. The van der Waals surface area contributed by atoms with Crippen LogP contribution in [0.3, 0.4) is 0 Å². The average Bonchev–Trinajstić information content (AvgIpc) is 2.26. The maximum atomic E-state index is 10.6. The average molecular weight is 238 g/mol. The molecule has 0 radical (unpaired) electrons. The molecule has 3 heteroatoms. The molecule has 0 amide bonds. The van der Waals surface area contributed by atoms with Crippen molar-refractivity contribution in [2.45, 2.75) is 37.5 Å². The Labute approximate surface area is 101 Å². The first-order valence-electron chi connectivity index (χ1n) is 5.58. The van der Waals surface area contributed by atoms with E-state index in [1.807, 2.05) is 30.8 Å². The highest BCUT2D eigenvalue weighted by atomic mass is 32.2. The number of benzene rings is 1. The Hall–Kier alpha value is -0.960. The second-order valence-electron chi connectivity index (χ2n) is 3.92. The molecule has 0 saturated heterocycles. The zero-order valence-electron chi connectivity index (χ0n) is 9.77. The van der Waals surface area contributed by atoms with Crippen LogP contribution in [0.25, 0.3) is 0 Å². The van der Waals surface area contributed by atoms with Crippen molar-refractivity contribution in [2.24, 2.45) is 0 Å². The van der Waals surface area contributed by atoms with Gasteiger partial charge in [-0.3, -0.25) is 4.79 Å². The first kappa shape index (κ1) is 13.1. The third-order valence-corrected chi connectivity index (χ3v) is 3.62. The van der Waals surface area contributed by atoms with Crippen LogP contribution in [0, 0.1) is 0 Å². The van der Waals surface area contributed by atoms with Crippen LogP contribution in [0.5, 0.6) is 0 Å². The minimum absolute atomic E-state index is 0.0859. The van der Waals surface area contributed by atoms with Gasteiger partial charge in [-0.1, -0.05) is 26.0 Å². The molecular weight excluding hydrogens is 220 g/mol. The Kier molecular flexibility index (Phi) is 5.39. The summed E-state index contributed by atoms with van der Waals surface area (Å²) in [6, 6.07) is 8.22. The van der Waals surface area contributed by atoms with Gasteiger partial charge in [-0.25, -0.2) is 0 Å². The summed E-state index contributed by atoms with van der Waals surface area (Å²) >= 11 is 1.84. The highest BCUT2D eigenvalue weighted by Gasteiger charge is 2.09. The van der Waals surface area contributed by atoms with Gasteiger partial charge in [0.15, 0.2) is 0 Å². The van der Waals surface area contributed by atoms with E-state index in [9.17, 15) is 4.79 Å². The molecular formula is C13H18O2S. The highest BCUT2D eigenvalue weighted by Crippen LogP contribution is 2.24. The molecule has 1 aromatic rings. The highest BCUT2D eigenvalue weighted by molar-refractivity contribution is 7.99. The standard InChI is InChI=1S/C13H18O2S/c1-3-8-16-12-6-4-11(5-7-12)10(2)9-13(14)15/h4-7,10H,3,8-9H2,1-2H3,(H,14,15). The van der Waals surface area contributed by atoms with E-state index in [-0.39, 0.29) is 12.3 Å². The van der Waals surface area contributed by atoms with Crippen LogP contribution < -0.4 is 0 Å². The molecule has 1 N–H and O–H groups in total. The van der Waals surface area contributed by atoms with Gasteiger partial charge in [0.05, 0.1) is 6.42 Å². The Morgan fingerprint density at radius 2 is 2.00 bits per heavy atom.